The maximum absolute atomic E-state index is 12.9. The van der Waals surface area contributed by atoms with Crippen LogP contribution in [0.2, 0.25) is 0 Å². The van der Waals surface area contributed by atoms with E-state index in [0.717, 1.165) is 55.4 Å². The number of pyridine rings is 1. The molecule has 1 aromatic heterocycles. The molecule has 7 heteroatoms. The SMILES string of the molecule is Cc1ccc2cc(CN(CC3CCCO3)C(=S)NCC3CCCO3)c(=O)[nH]c2c1C. The lowest BCUT2D eigenvalue weighted by molar-refractivity contribution is 0.0885. The average Bonchev–Trinajstić information content (AvgIpc) is 3.44. The zero-order valence-corrected chi connectivity index (χ0v) is 18.6. The van der Waals surface area contributed by atoms with E-state index < -0.39 is 0 Å². The Hall–Kier alpha value is -1.96. The topological polar surface area (TPSA) is 66.6 Å². The zero-order valence-electron chi connectivity index (χ0n) is 17.8. The average molecular weight is 430 g/mol. The molecule has 0 saturated carbocycles. The van der Waals surface area contributed by atoms with Crippen molar-refractivity contribution in [3.63, 3.8) is 0 Å². The Balaban J connectivity index is 1.53. The Morgan fingerprint density at radius 2 is 1.93 bits per heavy atom. The molecule has 0 amide bonds. The van der Waals surface area contributed by atoms with E-state index in [1.54, 1.807) is 0 Å². The summed E-state index contributed by atoms with van der Waals surface area (Å²) in [7, 11) is 0. The molecule has 2 fully saturated rings. The fourth-order valence-corrected chi connectivity index (χ4v) is 4.49. The van der Waals surface area contributed by atoms with Gasteiger partial charge in [-0.15, -0.1) is 0 Å². The Morgan fingerprint density at radius 1 is 1.20 bits per heavy atom. The van der Waals surface area contributed by atoms with Gasteiger partial charge in [-0.3, -0.25) is 4.79 Å². The van der Waals surface area contributed by atoms with E-state index >= 15 is 0 Å². The van der Waals surface area contributed by atoms with E-state index in [2.05, 4.69) is 34.3 Å². The van der Waals surface area contributed by atoms with Gasteiger partial charge in [0.2, 0.25) is 0 Å². The quantitative estimate of drug-likeness (QED) is 0.688. The fraction of sp³-hybridized carbons (Fsp3) is 0.565. The van der Waals surface area contributed by atoms with Crippen LogP contribution < -0.4 is 10.9 Å². The Labute approximate surface area is 182 Å². The second-order valence-corrected chi connectivity index (χ2v) is 8.82. The van der Waals surface area contributed by atoms with Gasteiger partial charge in [0.25, 0.3) is 5.56 Å². The van der Waals surface area contributed by atoms with Gasteiger partial charge in [0.15, 0.2) is 5.11 Å². The number of aryl methyl sites for hydroxylation is 2. The molecule has 0 spiro atoms. The first-order valence-electron chi connectivity index (χ1n) is 10.9. The van der Waals surface area contributed by atoms with Crippen LogP contribution in [0.4, 0.5) is 0 Å². The lowest BCUT2D eigenvalue weighted by Gasteiger charge is -2.29. The maximum atomic E-state index is 12.9. The Bertz CT molecular complexity index is 962. The molecule has 0 bridgehead atoms. The van der Waals surface area contributed by atoms with Crippen molar-refractivity contribution in [1.29, 1.82) is 0 Å². The molecule has 2 N–H and O–H groups in total. The smallest absolute Gasteiger partial charge is 0.253 e. The molecule has 2 aliphatic heterocycles. The van der Waals surface area contributed by atoms with E-state index in [1.165, 1.54) is 5.56 Å². The van der Waals surface area contributed by atoms with Crippen molar-refractivity contribution in [2.75, 3.05) is 26.3 Å². The molecule has 6 nitrogen and oxygen atoms in total. The fourth-order valence-electron chi connectivity index (χ4n) is 4.26. The summed E-state index contributed by atoms with van der Waals surface area (Å²) in [5.74, 6) is 0. The third-order valence-corrected chi connectivity index (χ3v) is 6.63. The van der Waals surface area contributed by atoms with E-state index in [9.17, 15) is 4.79 Å². The van der Waals surface area contributed by atoms with E-state index in [0.29, 0.717) is 30.3 Å². The Morgan fingerprint density at radius 3 is 2.63 bits per heavy atom. The summed E-state index contributed by atoms with van der Waals surface area (Å²) in [6.45, 7) is 7.56. The minimum absolute atomic E-state index is 0.0598. The number of ether oxygens (including phenoxy) is 2. The number of fused-ring (bicyclic) bond motifs is 1. The molecule has 2 atom stereocenters. The van der Waals surface area contributed by atoms with Crippen LogP contribution in [0.1, 0.15) is 42.4 Å². The van der Waals surface area contributed by atoms with Crippen molar-refractivity contribution in [3.8, 4) is 0 Å². The summed E-state index contributed by atoms with van der Waals surface area (Å²) in [5.41, 5.74) is 3.85. The van der Waals surface area contributed by atoms with Gasteiger partial charge in [-0.05, 0) is 74.3 Å². The number of rotatable bonds is 6. The maximum Gasteiger partial charge on any atom is 0.253 e. The molecule has 162 valence electrons. The lowest BCUT2D eigenvalue weighted by Crippen LogP contribution is -2.45. The Kier molecular flexibility index (Phi) is 6.71. The van der Waals surface area contributed by atoms with Crippen molar-refractivity contribution in [2.45, 2.75) is 58.3 Å². The number of nitrogens with one attached hydrogen (secondary N) is 2. The van der Waals surface area contributed by atoms with Crippen LogP contribution in [0.15, 0.2) is 23.0 Å². The zero-order chi connectivity index (χ0) is 21.1. The van der Waals surface area contributed by atoms with Gasteiger partial charge < -0.3 is 24.7 Å². The molecule has 1 aromatic carbocycles. The molecule has 2 unspecified atom stereocenters. The largest absolute Gasteiger partial charge is 0.376 e. The number of nitrogens with zero attached hydrogens (tertiary/aromatic N) is 1. The highest BCUT2D eigenvalue weighted by molar-refractivity contribution is 7.80. The van der Waals surface area contributed by atoms with Crippen LogP contribution >= 0.6 is 12.2 Å². The van der Waals surface area contributed by atoms with Crippen molar-refractivity contribution in [3.05, 3.63) is 45.2 Å². The van der Waals surface area contributed by atoms with Crippen molar-refractivity contribution < 1.29 is 9.47 Å². The predicted octanol–water partition coefficient (Wildman–Crippen LogP) is 3.18. The van der Waals surface area contributed by atoms with Crippen LogP contribution in [0.3, 0.4) is 0 Å². The number of thiocarbonyl (C=S) groups is 1. The van der Waals surface area contributed by atoms with Gasteiger partial charge in [0.1, 0.15) is 0 Å². The molecule has 3 heterocycles. The molecule has 2 saturated heterocycles. The van der Waals surface area contributed by atoms with Crippen LogP contribution in [-0.4, -0.2) is 53.5 Å². The molecule has 2 aliphatic rings. The van der Waals surface area contributed by atoms with Gasteiger partial charge in [0, 0.05) is 31.9 Å². The minimum Gasteiger partial charge on any atom is -0.376 e. The third-order valence-electron chi connectivity index (χ3n) is 6.23. The van der Waals surface area contributed by atoms with Crippen molar-refractivity contribution >= 4 is 28.2 Å². The van der Waals surface area contributed by atoms with Crippen molar-refractivity contribution in [2.24, 2.45) is 0 Å². The monoisotopic (exact) mass is 429 g/mol. The number of H-pyrrole nitrogens is 1. The van der Waals surface area contributed by atoms with Gasteiger partial charge >= 0.3 is 0 Å². The highest BCUT2D eigenvalue weighted by Gasteiger charge is 2.23. The first-order chi connectivity index (χ1) is 14.5. The van der Waals surface area contributed by atoms with Crippen LogP contribution in [-0.2, 0) is 16.0 Å². The lowest BCUT2D eigenvalue weighted by atomic mass is 10.0. The number of hydrogen-bond acceptors (Lipinski definition) is 4. The van der Waals surface area contributed by atoms with Crippen LogP contribution in [0.25, 0.3) is 10.9 Å². The molecule has 30 heavy (non-hydrogen) atoms. The van der Waals surface area contributed by atoms with E-state index in [4.69, 9.17) is 21.7 Å². The van der Waals surface area contributed by atoms with Gasteiger partial charge in [-0.2, -0.15) is 0 Å². The summed E-state index contributed by atoms with van der Waals surface area (Å²) < 4.78 is 11.5. The molecule has 0 radical (unpaired) electrons. The number of aromatic nitrogens is 1. The number of aromatic amines is 1. The van der Waals surface area contributed by atoms with E-state index in [1.807, 2.05) is 13.0 Å². The molecule has 4 rings (SSSR count). The van der Waals surface area contributed by atoms with Gasteiger partial charge in [-0.25, -0.2) is 0 Å². The standard InChI is InChI=1S/C23H31N3O3S/c1-15-7-8-17-11-18(22(27)25-21(17)16(15)2)13-26(14-20-6-4-10-29-20)23(30)24-12-19-5-3-9-28-19/h7-8,11,19-20H,3-6,9-10,12-14H2,1-2H3,(H,24,30)(H,25,27). The van der Waals surface area contributed by atoms with Gasteiger partial charge in [-0.1, -0.05) is 12.1 Å². The summed E-state index contributed by atoms with van der Waals surface area (Å²) in [5, 5.41) is 5.05. The number of benzene rings is 1. The minimum atomic E-state index is -0.0598. The highest BCUT2D eigenvalue weighted by Crippen LogP contribution is 2.20. The second kappa shape index (κ2) is 9.45. The summed E-state index contributed by atoms with van der Waals surface area (Å²) in [6, 6.07) is 6.15. The first kappa shape index (κ1) is 21.3. The predicted molar refractivity (Wildman–Crippen MR) is 123 cm³/mol. The number of hydrogen-bond donors (Lipinski definition) is 2. The van der Waals surface area contributed by atoms with Crippen LogP contribution in [0, 0.1) is 13.8 Å². The molecular weight excluding hydrogens is 398 g/mol. The normalized spacial score (nSPS) is 21.3. The van der Waals surface area contributed by atoms with Crippen molar-refractivity contribution in [1.82, 2.24) is 15.2 Å². The molecular formula is C23H31N3O3S. The molecule has 2 aromatic rings. The molecule has 0 aliphatic carbocycles. The summed E-state index contributed by atoms with van der Waals surface area (Å²) in [4.78, 5) is 18.0. The van der Waals surface area contributed by atoms with Gasteiger partial charge in [0.05, 0.1) is 24.3 Å². The summed E-state index contributed by atoms with van der Waals surface area (Å²) >= 11 is 5.71. The summed E-state index contributed by atoms with van der Waals surface area (Å²) in [6.07, 6.45) is 4.62. The highest BCUT2D eigenvalue weighted by atomic mass is 32.1. The first-order valence-corrected chi connectivity index (χ1v) is 11.3. The van der Waals surface area contributed by atoms with E-state index in [-0.39, 0.29) is 17.8 Å². The van der Waals surface area contributed by atoms with Crippen LogP contribution in [0.5, 0.6) is 0 Å². The second-order valence-electron chi connectivity index (χ2n) is 8.43. The third kappa shape index (κ3) is 4.85.